The van der Waals surface area contributed by atoms with Crippen molar-refractivity contribution in [1.29, 1.82) is 5.26 Å². The molecule has 3 aromatic heterocycles. The number of nitriles is 1. The van der Waals surface area contributed by atoms with Crippen LogP contribution in [0.3, 0.4) is 0 Å². The summed E-state index contributed by atoms with van der Waals surface area (Å²) in [7, 11) is 1.57. The Bertz CT molecular complexity index is 1530. The van der Waals surface area contributed by atoms with Gasteiger partial charge in [0.05, 0.1) is 29.7 Å². The Morgan fingerprint density at radius 2 is 1.75 bits per heavy atom. The first kappa shape index (κ1) is 23.3. The van der Waals surface area contributed by atoms with E-state index in [1.165, 1.54) is 12.5 Å². The highest BCUT2D eigenvalue weighted by atomic mass is 79.9. The van der Waals surface area contributed by atoms with Crippen molar-refractivity contribution < 1.29 is 22.7 Å². The third-order valence-electron chi connectivity index (χ3n) is 5.32. The fraction of sp³-hybridized carbons (Fsp3) is 0.0714. The van der Waals surface area contributed by atoms with Crippen LogP contribution in [-0.2, 0) is 6.61 Å². The van der Waals surface area contributed by atoms with E-state index in [0.717, 1.165) is 5.56 Å². The van der Waals surface area contributed by atoms with Crippen LogP contribution in [0.25, 0.3) is 22.8 Å². The summed E-state index contributed by atoms with van der Waals surface area (Å²) in [5.41, 5.74) is 2.47. The van der Waals surface area contributed by atoms with E-state index in [1.807, 2.05) is 36.4 Å². The second-order valence-electron chi connectivity index (χ2n) is 7.62. The second kappa shape index (κ2) is 10.4. The van der Waals surface area contributed by atoms with Gasteiger partial charge in [0.2, 0.25) is 5.88 Å². The van der Waals surface area contributed by atoms with Crippen LogP contribution in [0.5, 0.6) is 11.5 Å². The zero-order valence-electron chi connectivity index (χ0n) is 19.1. The second-order valence-corrected chi connectivity index (χ2v) is 8.47. The summed E-state index contributed by atoms with van der Waals surface area (Å²) in [6.45, 7) is 0.395. The molecule has 0 spiro atoms. The molecule has 0 radical (unpaired) electrons. The maximum atomic E-state index is 9.92. The summed E-state index contributed by atoms with van der Waals surface area (Å²) >= 11 is 3.57. The number of ether oxygens (including phenoxy) is 2. The van der Waals surface area contributed by atoms with Gasteiger partial charge in [-0.05, 0) is 63.5 Å². The Morgan fingerprint density at radius 3 is 2.42 bits per heavy atom. The molecule has 0 atom stereocenters. The van der Waals surface area contributed by atoms with E-state index in [9.17, 15) is 5.26 Å². The van der Waals surface area contributed by atoms with E-state index in [4.69, 9.17) is 22.7 Å². The number of nitrogens with zero attached hydrogens (tertiary/aromatic N) is 2. The summed E-state index contributed by atoms with van der Waals surface area (Å²) in [5, 5.41) is 9.92. The average molecular weight is 543 g/mol. The Kier molecular flexibility index (Phi) is 6.74. The van der Waals surface area contributed by atoms with E-state index in [-0.39, 0.29) is 11.4 Å². The van der Waals surface area contributed by atoms with Crippen molar-refractivity contribution in [3.05, 3.63) is 100 Å². The highest BCUT2D eigenvalue weighted by molar-refractivity contribution is 9.10. The maximum absolute atomic E-state index is 9.92. The molecule has 0 fully saturated rings. The average Bonchev–Trinajstić information content (AvgIpc) is 3.67. The lowest BCUT2D eigenvalue weighted by atomic mass is 10.1. The van der Waals surface area contributed by atoms with Crippen molar-refractivity contribution in [2.75, 3.05) is 7.11 Å². The van der Waals surface area contributed by atoms with E-state index >= 15 is 0 Å². The number of rotatable bonds is 8. The number of aliphatic imine (C=N–C) groups is 1. The zero-order chi connectivity index (χ0) is 24.9. The maximum Gasteiger partial charge on any atom is 0.238 e. The molecule has 8 heteroatoms. The molecule has 36 heavy (non-hydrogen) atoms. The van der Waals surface area contributed by atoms with E-state index in [0.29, 0.717) is 51.0 Å². The molecule has 2 aromatic carbocycles. The summed E-state index contributed by atoms with van der Waals surface area (Å²) in [4.78, 5) is 4.47. The SMILES string of the molecule is COc1cc(C=Nc2oc(-c3ccco3)c(-c3ccco3)c2C#N)cc(Br)c1OCc1ccccc1. The minimum Gasteiger partial charge on any atom is -0.493 e. The molecule has 5 rings (SSSR count). The smallest absolute Gasteiger partial charge is 0.238 e. The van der Waals surface area contributed by atoms with Crippen LogP contribution in [0.15, 0.2) is 102 Å². The Balaban J connectivity index is 1.48. The van der Waals surface area contributed by atoms with Crippen molar-refractivity contribution in [1.82, 2.24) is 0 Å². The molecular weight excluding hydrogens is 524 g/mol. The first-order valence-electron chi connectivity index (χ1n) is 10.9. The van der Waals surface area contributed by atoms with Gasteiger partial charge in [-0.15, -0.1) is 0 Å². The zero-order valence-corrected chi connectivity index (χ0v) is 20.7. The van der Waals surface area contributed by atoms with Gasteiger partial charge in [0.15, 0.2) is 23.0 Å². The summed E-state index contributed by atoms with van der Waals surface area (Å²) in [6.07, 6.45) is 4.65. The molecule has 7 nitrogen and oxygen atoms in total. The van der Waals surface area contributed by atoms with Gasteiger partial charge >= 0.3 is 0 Å². The Labute approximate surface area is 215 Å². The fourth-order valence-corrected chi connectivity index (χ4v) is 4.24. The molecule has 0 aliphatic heterocycles. The molecule has 0 N–H and O–H groups in total. The van der Waals surface area contributed by atoms with Crippen molar-refractivity contribution in [2.24, 2.45) is 4.99 Å². The molecule has 3 heterocycles. The van der Waals surface area contributed by atoms with Crippen LogP contribution in [0.2, 0.25) is 0 Å². The minimum atomic E-state index is 0.134. The van der Waals surface area contributed by atoms with Gasteiger partial charge < -0.3 is 22.7 Å². The van der Waals surface area contributed by atoms with Crippen molar-refractivity contribution in [3.63, 3.8) is 0 Å². The van der Waals surface area contributed by atoms with Crippen molar-refractivity contribution in [3.8, 4) is 40.4 Å². The number of hydrogen-bond acceptors (Lipinski definition) is 7. The number of methoxy groups -OCH3 is 1. The lowest BCUT2D eigenvalue weighted by Gasteiger charge is -2.13. The van der Waals surface area contributed by atoms with Gasteiger partial charge in [-0.1, -0.05) is 30.3 Å². The quantitative estimate of drug-likeness (QED) is 0.186. The van der Waals surface area contributed by atoms with Crippen LogP contribution in [-0.4, -0.2) is 13.3 Å². The van der Waals surface area contributed by atoms with E-state index in [2.05, 4.69) is 27.0 Å². The highest BCUT2D eigenvalue weighted by Crippen LogP contribution is 2.43. The summed E-state index contributed by atoms with van der Waals surface area (Å²) in [6, 6.07) is 22.7. The molecular formula is C28H19BrN2O5. The van der Waals surface area contributed by atoms with Gasteiger partial charge in [-0.2, -0.15) is 5.26 Å². The normalized spacial score (nSPS) is 11.0. The molecule has 0 amide bonds. The van der Waals surface area contributed by atoms with Gasteiger partial charge in [0.25, 0.3) is 0 Å². The monoisotopic (exact) mass is 542 g/mol. The van der Waals surface area contributed by atoms with E-state index in [1.54, 1.807) is 43.7 Å². The lowest BCUT2D eigenvalue weighted by Crippen LogP contribution is -1.99. The molecule has 0 bridgehead atoms. The molecule has 5 aromatic rings. The van der Waals surface area contributed by atoms with Crippen molar-refractivity contribution >= 4 is 28.0 Å². The molecule has 178 valence electrons. The first-order valence-corrected chi connectivity index (χ1v) is 11.7. The minimum absolute atomic E-state index is 0.134. The fourth-order valence-electron chi connectivity index (χ4n) is 3.67. The van der Waals surface area contributed by atoms with E-state index < -0.39 is 0 Å². The molecule has 0 aliphatic carbocycles. The number of halogens is 1. The van der Waals surface area contributed by atoms with Crippen LogP contribution in [0.1, 0.15) is 16.7 Å². The standard InChI is InChI=1S/C28H19BrN2O5/c1-32-24-14-19(13-21(29)26(24)35-17-18-7-3-2-4-8-18)16-31-28-20(15-30)25(22-9-5-11-33-22)27(36-28)23-10-6-12-34-23/h2-14,16H,17H2,1H3. The Morgan fingerprint density at radius 1 is 1.00 bits per heavy atom. The van der Waals surface area contributed by atoms with Crippen molar-refractivity contribution in [2.45, 2.75) is 6.61 Å². The first-order chi connectivity index (χ1) is 17.7. The van der Waals surface area contributed by atoms with Crippen LogP contribution >= 0.6 is 15.9 Å². The predicted molar refractivity (Wildman–Crippen MR) is 138 cm³/mol. The lowest BCUT2D eigenvalue weighted by molar-refractivity contribution is 0.282. The molecule has 0 saturated heterocycles. The molecule has 0 aliphatic rings. The largest absolute Gasteiger partial charge is 0.493 e. The summed E-state index contributed by atoms with van der Waals surface area (Å²) in [5.74, 6) is 2.55. The van der Waals surface area contributed by atoms with Crippen LogP contribution < -0.4 is 9.47 Å². The van der Waals surface area contributed by atoms with Gasteiger partial charge in [-0.3, -0.25) is 0 Å². The van der Waals surface area contributed by atoms with Gasteiger partial charge in [0.1, 0.15) is 24.0 Å². The highest BCUT2D eigenvalue weighted by Gasteiger charge is 2.26. The summed E-state index contributed by atoms with van der Waals surface area (Å²) < 4.78 is 29.3. The molecule has 0 unspecified atom stereocenters. The van der Waals surface area contributed by atoms with Crippen LogP contribution in [0, 0.1) is 11.3 Å². The third kappa shape index (κ3) is 4.69. The topological polar surface area (TPSA) is 94.0 Å². The number of hydrogen-bond donors (Lipinski definition) is 0. The van der Waals surface area contributed by atoms with Gasteiger partial charge in [0, 0.05) is 6.21 Å². The number of benzene rings is 2. The van der Waals surface area contributed by atoms with Gasteiger partial charge in [-0.25, -0.2) is 4.99 Å². The van der Waals surface area contributed by atoms with Crippen LogP contribution in [0.4, 0.5) is 5.88 Å². The molecule has 0 saturated carbocycles. The predicted octanol–water partition coefficient (Wildman–Crippen LogP) is 7.77. The Hall–Kier alpha value is -4.48. The third-order valence-corrected chi connectivity index (χ3v) is 5.91. The number of furan rings is 3.